The van der Waals surface area contributed by atoms with Crippen LogP contribution in [0.3, 0.4) is 0 Å². The average molecular weight is 325 g/mol. The second kappa shape index (κ2) is 6.29. The summed E-state index contributed by atoms with van der Waals surface area (Å²) in [6.45, 7) is 1.32. The number of hydrogen-bond acceptors (Lipinski definition) is 7. The number of benzene rings is 2. The van der Waals surface area contributed by atoms with Crippen molar-refractivity contribution >= 4 is 11.7 Å². The first-order chi connectivity index (χ1) is 11.5. The molecular weight excluding hydrogens is 314 g/mol. The molecule has 0 atom stereocenters. The van der Waals surface area contributed by atoms with E-state index in [4.69, 9.17) is 9.26 Å². The highest BCUT2D eigenvalue weighted by Gasteiger charge is 2.12. The fourth-order valence-corrected chi connectivity index (χ4v) is 2.02. The zero-order valence-electron chi connectivity index (χ0n) is 12.5. The van der Waals surface area contributed by atoms with E-state index in [-0.39, 0.29) is 11.6 Å². The van der Waals surface area contributed by atoms with Gasteiger partial charge >= 0.3 is 5.97 Å². The number of aromatic nitrogens is 2. The molecule has 0 bridgehead atoms. The van der Waals surface area contributed by atoms with Gasteiger partial charge in [-0.1, -0.05) is 5.16 Å². The van der Waals surface area contributed by atoms with E-state index < -0.39 is 10.9 Å². The van der Waals surface area contributed by atoms with Crippen molar-refractivity contribution < 1.29 is 19.0 Å². The molecular formula is C16H11N3O5. The predicted octanol–water partition coefficient (Wildman–Crippen LogP) is 3.24. The summed E-state index contributed by atoms with van der Waals surface area (Å²) < 4.78 is 10.2. The Morgan fingerprint density at radius 3 is 2.29 bits per heavy atom. The quantitative estimate of drug-likeness (QED) is 0.313. The topological polar surface area (TPSA) is 108 Å². The Morgan fingerprint density at radius 1 is 1.08 bits per heavy atom. The molecule has 8 nitrogen and oxygen atoms in total. The van der Waals surface area contributed by atoms with Crippen molar-refractivity contribution in [2.24, 2.45) is 0 Å². The van der Waals surface area contributed by atoms with Gasteiger partial charge in [-0.2, -0.15) is 4.98 Å². The summed E-state index contributed by atoms with van der Waals surface area (Å²) in [7, 11) is 0. The van der Waals surface area contributed by atoms with Gasteiger partial charge in [0.25, 0.3) is 11.6 Å². The van der Waals surface area contributed by atoms with Crippen LogP contribution in [-0.4, -0.2) is 21.0 Å². The van der Waals surface area contributed by atoms with Crippen LogP contribution in [0.25, 0.3) is 22.8 Å². The fraction of sp³-hybridized carbons (Fsp3) is 0.0625. The van der Waals surface area contributed by atoms with E-state index in [1.165, 1.54) is 19.1 Å². The number of esters is 1. The van der Waals surface area contributed by atoms with Crippen LogP contribution in [0, 0.1) is 10.1 Å². The van der Waals surface area contributed by atoms with Crippen LogP contribution < -0.4 is 4.74 Å². The Hall–Kier alpha value is -3.55. The summed E-state index contributed by atoms with van der Waals surface area (Å²) in [5, 5.41) is 14.5. The smallest absolute Gasteiger partial charge is 0.308 e. The van der Waals surface area contributed by atoms with E-state index >= 15 is 0 Å². The minimum Gasteiger partial charge on any atom is -0.427 e. The van der Waals surface area contributed by atoms with Crippen molar-refractivity contribution in [3.63, 3.8) is 0 Å². The van der Waals surface area contributed by atoms with Gasteiger partial charge in [-0.15, -0.1) is 0 Å². The van der Waals surface area contributed by atoms with E-state index in [2.05, 4.69) is 10.1 Å². The van der Waals surface area contributed by atoms with Crippen molar-refractivity contribution in [3.8, 4) is 28.6 Å². The highest BCUT2D eigenvalue weighted by Crippen LogP contribution is 2.25. The number of carbonyl (C=O) groups is 1. The molecule has 0 saturated heterocycles. The lowest BCUT2D eigenvalue weighted by Gasteiger charge is -2.00. The molecule has 0 fully saturated rings. The predicted molar refractivity (Wildman–Crippen MR) is 83.1 cm³/mol. The van der Waals surface area contributed by atoms with Gasteiger partial charge in [0.15, 0.2) is 0 Å². The van der Waals surface area contributed by atoms with Gasteiger partial charge in [0, 0.05) is 30.2 Å². The van der Waals surface area contributed by atoms with Gasteiger partial charge in [0.05, 0.1) is 4.92 Å². The number of nitro groups is 1. The first-order valence-corrected chi connectivity index (χ1v) is 6.90. The molecule has 0 unspecified atom stereocenters. The highest BCUT2D eigenvalue weighted by atomic mass is 16.6. The minimum absolute atomic E-state index is 0.0106. The zero-order chi connectivity index (χ0) is 17.1. The lowest BCUT2D eigenvalue weighted by Crippen LogP contribution is -2.00. The van der Waals surface area contributed by atoms with Gasteiger partial charge in [-0.05, 0) is 36.4 Å². The maximum atomic E-state index is 10.9. The van der Waals surface area contributed by atoms with Crippen LogP contribution in [0.2, 0.25) is 0 Å². The second-order valence-electron chi connectivity index (χ2n) is 4.85. The Morgan fingerprint density at radius 2 is 1.71 bits per heavy atom. The third-order valence-corrected chi connectivity index (χ3v) is 3.13. The third kappa shape index (κ3) is 3.27. The maximum absolute atomic E-state index is 10.9. The monoisotopic (exact) mass is 325 g/mol. The van der Waals surface area contributed by atoms with E-state index in [9.17, 15) is 14.9 Å². The summed E-state index contributed by atoms with van der Waals surface area (Å²) >= 11 is 0. The van der Waals surface area contributed by atoms with Crippen LogP contribution in [0.4, 0.5) is 5.69 Å². The summed E-state index contributed by atoms with van der Waals surface area (Å²) in [6, 6.07) is 12.5. The highest BCUT2D eigenvalue weighted by molar-refractivity contribution is 5.69. The Bertz CT molecular complexity index is 885. The Kier molecular flexibility index (Phi) is 4.02. The molecule has 3 rings (SSSR count). The number of carbonyl (C=O) groups excluding carboxylic acids is 1. The first-order valence-electron chi connectivity index (χ1n) is 6.90. The van der Waals surface area contributed by atoms with Crippen molar-refractivity contribution in [1.29, 1.82) is 0 Å². The van der Waals surface area contributed by atoms with Gasteiger partial charge in [-0.3, -0.25) is 14.9 Å². The van der Waals surface area contributed by atoms with Gasteiger partial charge in [0.1, 0.15) is 5.75 Å². The van der Waals surface area contributed by atoms with Gasteiger partial charge < -0.3 is 9.26 Å². The second-order valence-corrected chi connectivity index (χ2v) is 4.85. The Labute approximate surface area is 135 Å². The third-order valence-electron chi connectivity index (χ3n) is 3.13. The first kappa shape index (κ1) is 15.3. The number of rotatable bonds is 4. The maximum Gasteiger partial charge on any atom is 0.308 e. The molecule has 0 spiro atoms. The van der Waals surface area contributed by atoms with E-state index in [0.717, 1.165) is 0 Å². The molecule has 8 heteroatoms. The van der Waals surface area contributed by atoms with Crippen molar-refractivity contribution in [2.75, 3.05) is 0 Å². The Balaban J connectivity index is 1.82. The van der Waals surface area contributed by atoms with Crippen molar-refractivity contribution in [2.45, 2.75) is 6.92 Å². The summed E-state index contributed by atoms with van der Waals surface area (Å²) in [5.41, 5.74) is 1.25. The van der Waals surface area contributed by atoms with Crippen LogP contribution >= 0.6 is 0 Å². The van der Waals surface area contributed by atoms with E-state index in [1.807, 2.05) is 0 Å². The minimum atomic E-state index is -0.476. The molecule has 2 aromatic carbocycles. The van der Waals surface area contributed by atoms with E-state index in [1.54, 1.807) is 36.4 Å². The lowest BCUT2D eigenvalue weighted by molar-refractivity contribution is -0.384. The molecule has 3 aromatic rings. The normalized spacial score (nSPS) is 10.4. The lowest BCUT2D eigenvalue weighted by atomic mass is 10.2. The molecule has 0 radical (unpaired) electrons. The van der Waals surface area contributed by atoms with E-state index in [0.29, 0.717) is 22.7 Å². The number of nitro benzene ring substituents is 1. The molecule has 0 N–H and O–H groups in total. The number of nitrogens with zero attached hydrogens (tertiary/aromatic N) is 3. The molecule has 0 aliphatic carbocycles. The molecule has 0 saturated carbocycles. The number of ether oxygens (including phenoxy) is 1. The SMILES string of the molecule is CC(=O)Oc1ccc(-c2nc(-c3ccc([N+](=O)[O-])cc3)no2)cc1. The van der Waals surface area contributed by atoms with Crippen LogP contribution in [0.15, 0.2) is 53.1 Å². The van der Waals surface area contributed by atoms with Crippen LogP contribution in [-0.2, 0) is 4.79 Å². The average Bonchev–Trinajstić information content (AvgIpc) is 3.05. The largest absolute Gasteiger partial charge is 0.427 e. The molecule has 0 aliphatic rings. The summed E-state index contributed by atoms with van der Waals surface area (Å²) in [5.74, 6) is 0.629. The van der Waals surface area contributed by atoms with Gasteiger partial charge in [-0.25, -0.2) is 0 Å². The zero-order valence-corrected chi connectivity index (χ0v) is 12.5. The van der Waals surface area contributed by atoms with Crippen LogP contribution in [0.1, 0.15) is 6.92 Å². The summed E-state index contributed by atoms with van der Waals surface area (Å²) in [6.07, 6.45) is 0. The molecule has 24 heavy (non-hydrogen) atoms. The molecule has 0 aliphatic heterocycles. The molecule has 0 amide bonds. The molecule has 120 valence electrons. The fourth-order valence-electron chi connectivity index (χ4n) is 2.02. The van der Waals surface area contributed by atoms with Gasteiger partial charge in [0.2, 0.25) is 5.82 Å². The van der Waals surface area contributed by atoms with Crippen molar-refractivity contribution in [3.05, 3.63) is 58.6 Å². The van der Waals surface area contributed by atoms with Crippen molar-refractivity contribution in [1.82, 2.24) is 10.1 Å². The molecule has 1 aromatic heterocycles. The molecule has 1 heterocycles. The van der Waals surface area contributed by atoms with Crippen LogP contribution in [0.5, 0.6) is 5.75 Å². The summed E-state index contributed by atoms with van der Waals surface area (Å²) in [4.78, 5) is 25.3. The standard InChI is InChI=1S/C16H11N3O5/c1-10(20)23-14-8-4-12(5-9-14)16-17-15(18-24-16)11-2-6-13(7-3-11)19(21)22/h2-9H,1H3. The number of non-ortho nitro benzene ring substituents is 1. The number of hydrogen-bond donors (Lipinski definition) is 0.